The van der Waals surface area contributed by atoms with Crippen LogP contribution in [0.1, 0.15) is 32.6 Å². The second-order valence-electron chi connectivity index (χ2n) is 4.95. The Morgan fingerprint density at radius 3 is 2.50 bits per heavy atom. The first-order valence-corrected chi connectivity index (χ1v) is 6.50. The quantitative estimate of drug-likeness (QED) is 0.756. The summed E-state index contributed by atoms with van der Waals surface area (Å²) in [6.45, 7) is 2.15. The lowest BCUT2D eigenvalue weighted by Crippen LogP contribution is -2.49. The zero-order valence-electron chi connectivity index (χ0n) is 10.6. The van der Waals surface area contributed by atoms with E-state index in [9.17, 15) is 14.7 Å². The van der Waals surface area contributed by atoms with Crippen molar-refractivity contribution in [3.8, 4) is 0 Å². The van der Waals surface area contributed by atoms with E-state index in [0.717, 1.165) is 25.7 Å². The maximum absolute atomic E-state index is 11.7. The number of nitrogens with zero attached hydrogens (tertiary/aromatic N) is 1. The molecule has 2 atom stereocenters. The summed E-state index contributed by atoms with van der Waals surface area (Å²) in [7, 11) is 0. The highest BCUT2D eigenvalue weighted by Gasteiger charge is 2.40. The lowest BCUT2D eigenvalue weighted by atomic mass is 10.00. The number of fused-ring (bicyclic) bond motifs is 2. The second-order valence-corrected chi connectivity index (χ2v) is 4.95. The van der Waals surface area contributed by atoms with Crippen LogP contribution < -0.4 is 5.32 Å². The number of nitrogens with one attached hydrogen (secondary N) is 1. The number of rotatable bonds is 3. The molecule has 2 amide bonds. The summed E-state index contributed by atoms with van der Waals surface area (Å²) in [5.41, 5.74) is 0. The predicted octanol–water partition coefficient (Wildman–Crippen LogP) is 0.247. The van der Waals surface area contributed by atoms with E-state index in [1.165, 1.54) is 0 Å². The van der Waals surface area contributed by atoms with Gasteiger partial charge in [0.25, 0.3) is 0 Å². The topological polar surface area (TPSA) is 78.9 Å². The summed E-state index contributed by atoms with van der Waals surface area (Å²) in [6, 6.07) is 0.540. The lowest BCUT2D eigenvalue weighted by molar-refractivity contribution is -0.123. The van der Waals surface area contributed by atoms with Crippen molar-refractivity contribution in [3.05, 3.63) is 0 Å². The average Bonchev–Trinajstić information content (AvgIpc) is 2.54. The van der Waals surface area contributed by atoms with Gasteiger partial charge in [-0.2, -0.15) is 0 Å². The Balaban J connectivity index is 1.83. The van der Waals surface area contributed by atoms with E-state index in [4.69, 9.17) is 0 Å². The number of aliphatic hydroxyl groups excluding tert-OH is 1. The van der Waals surface area contributed by atoms with Gasteiger partial charge in [0.05, 0.1) is 19.3 Å². The maximum atomic E-state index is 11.7. The number of aliphatic hydroxyl groups is 1. The van der Waals surface area contributed by atoms with Crippen molar-refractivity contribution in [1.29, 1.82) is 0 Å². The first kappa shape index (κ1) is 13.3. The van der Waals surface area contributed by atoms with Gasteiger partial charge in [-0.25, -0.2) is 4.79 Å². The molecule has 0 aromatic heterocycles. The molecule has 6 heteroatoms. The van der Waals surface area contributed by atoms with Crippen LogP contribution in [0.2, 0.25) is 0 Å². The molecule has 0 saturated carbocycles. The van der Waals surface area contributed by atoms with Gasteiger partial charge in [-0.05, 0) is 32.6 Å². The van der Waals surface area contributed by atoms with Crippen LogP contribution in [0.25, 0.3) is 0 Å². The lowest BCUT2D eigenvalue weighted by Gasteiger charge is -2.36. The van der Waals surface area contributed by atoms with E-state index in [1.54, 1.807) is 6.92 Å². The highest BCUT2D eigenvalue weighted by Crippen LogP contribution is 2.35. The minimum Gasteiger partial charge on any atom is -0.450 e. The van der Waals surface area contributed by atoms with E-state index < -0.39 is 6.09 Å². The van der Waals surface area contributed by atoms with Crippen LogP contribution >= 0.6 is 0 Å². The molecular weight excluding hydrogens is 236 g/mol. The normalized spacial score (nSPS) is 31.1. The largest absolute Gasteiger partial charge is 0.450 e. The van der Waals surface area contributed by atoms with Crippen molar-refractivity contribution < 1.29 is 19.4 Å². The molecule has 2 bridgehead atoms. The van der Waals surface area contributed by atoms with Gasteiger partial charge < -0.3 is 9.84 Å². The van der Waals surface area contributed by atoms with Gasteiger partial charge >= 0.3 is 6.09 Å². The first-order valence-electron chi connectivity index (χ1n) is 6.50. The number of amides is 2. The smallest absolute Gasteiger partial charge is 0.413 e. The van der Waals surface area contributed by atoms with E-state index in [1.807, 2.05) is 0 Å². The Bertz CT molecular complexity index is 320. The molecule has 0 radical (unpaired) electrons. The predicted molar refractivity (Wildman–Crippen MR) is 63.9 cm³/mol. The summed E-state index contributed by atoms with van der Waals surface area (Å²) < 4.78 is 4.66. The number of hydrogen-bond donors (Lipinski definition) is 2. The number of carbonyl (C=O) groups is 2. The van der Waals surface area contributed by atoms with Gasteiger partial charge in [-0.3, -0.25) is 15.0 Å². The average molecular weight is 256 g/mol. The molecule has 102 valence electrons. The zero-order valence-corrected chi connectivity index (χ0v) is 10.6. The molecule has 6 nitrogen and oxygen atoms in total. The molecule has 0 aromatic carbocycles. The maximum Gasteiger partial charge on any atom is 0.413 e. The molecule has 2 rings (SSSR count). The van der Waals surface area contributed by atoms with Crippen molar-refractivity contribution >= 4 is 12.0 Å². The van der Waals surface area contributed by atoms with Crippen LogP contribution in [0.5, 0.6) is 0 Å². The summed E-state index contributed by atoms with van der Waals surface area (Å²) in [5, 5.41) is 11.9. The number of carbonyl (C=O) groups excluding carboxylic acids is 2. The fourth-order valence-corrected chi connectivity index (χ4v) is 2.99. The molecule has 0 aliphatic carbocycles. The van der Waals surface area contributed by atoms with Crippen molar-refractivity contribution in [2.45, 2.75) is 50.8 Å². The summed E-state index contributed by atoms with van der Waals surface area (Å²) >= 11 is 0. The van der Waals surface area contributed by atoms with E-state index in [-0.39, 0.29) is 37.2 Å². The number of piperidine rings is 1. The van der Waals surface area contributed by atoms with Crippen molar-refractivity contribution in [3.63, 3.8) is 0 Å². The molecule has 2 aliphatic rings. The van der Waals surface area contributed by atoms with Gasteiger partial charge in [-0.1, -0.05) is 0 Å². The van der Waals surface area contributed by atoms with Gasteiger partial charge in [0.15, 0.2) is 0 Å². The number of imide groups is 1. The fourth-order valence-electron chi connectivity index (χ4n) is 2.99. The van der Waals surface area contributed by atoms with Crippen LogP contribution in [0, 0.1) is 0 Å². The minimum absolute atomic E-state index is 0.209. The molecule has 2 aliphatic heterocycles. The van der Waals surface area contributed by atoms with Gasteiger partial charge in [-0.15, -0.1) is 0 Å². The third-order valence-corrected chi connectivity index (χ3v) is 3.70. The number of ether oxygens (including phenoxy) is 1. The van der Waals surface area contributed by atoms with E-state index in [0.29, 0.717) is 0 Å². The van der Waals surface area contributed by atoms with Gasteiger partial charge in [0.2, 0.25) is 5.91 Å². The Morgan fingerprint density at radius 2 is 1.94 bits per heavy atom. The van der Waals surface area contributed by atoms with E-state index >= 15 is 0 Å². The fraction of sp³-hybridized carbons (Fsp3) is 0.833. The monoisotopic (exact) mass is 256 g/mol. The molecule has 18 heavy (non-hydrogen) atoms. The molecule has 2 fully saturated rings. The summed E-state index contributed by atoms with van der Waals surface area (Å²) in [4.78, 5) is 24.9. The van der Waals surface area contributed by atoms with Gasteiger partial charge in [0, 0.05) is 12.1 Å². The summed E-state index contributed by atoms with van der Waals surface area (Å²) in [5.74, 6) is -0.332. The third-order valence-electron chi connectivity index (χ3n) is 3.70. The molecule has 2 saturated heterocycles. The Morgan fingerprint density at radius 1 is 1.33 bits per heavy atom. The SMILES string of the molecule is CCOC(=O)NC(=O)CN1C2CCC1CC(O)C2. The first-order chi connectivity index (χ1) is 8.60. The Hall–Kier alpha value is -1.14. The number of hydrogen-bond acceptors (Lipinski definition) is 5. The highest BCUT2D eigenvalue weighted by atomic mass is 16.5. The van der Waals surface area contributed by atoms with Crippen molar-refractivity contribution in [2.24, 2.45) is 0 Å². The molecule has 0 aromatic rings. The zero-order chi connectivity index (χ0) is 13.1. The minimum atomic E-state index is -0.688. The highest BCUT2D eigenvalue weighted by molar-refractivity contribution is 5.92. The second kappa shape index (κ2) is 5.67. The molecule has 2 N–H and O–H groups in total. The van der Waals surface area contributed by atoms with Crippen LogP contribution in [0.15, 0.2) is 0 Å². The van der Waals surface area contributed by atoms with Crippen LogP contribution in [0.3, 0.4) is 0 Å². The molecule has 2 unspecified atom stereocenters. The van der Waals surface area contributed by atoms with Crippen LogP contribution in [0.4, 0.5) is 4.79 Å². The molecule has 2 heterocycles. The van der Waals surface area contributed by atoms with Crippen molar-refractivity contribution in [2.75, 3.05) is 13.2 Å². The Labute approximate surface area is 106 Å². The van der Waals surface area contributed by atoms with Crippen LogP contribution in [-0.2, 0) is 9.53 Å². The van der Waals surface area contributed by atoms with Crippen LogP contribution in [-0.4, -0.2) is 53.3 Å². The van der Waals surface area contributed by atoms with Crippen molar-refractivity contribution in [1.82, 2.24) is 10.2 Å². The molecule has 0 spiro atoms. The summed E-state index contributed by atoms with van der Waals surface area (Å²) in [6.07, 6.45) is 2.56. The number of alkyl carbamates (subject to hydrolysis) is 1. The third kappa shape index (κ3) is 3.00. The standard InChI is InChI=1S/C12H20N2O4/c1-2-18-12(17)13-11(16)7-14-8-3-4-9(14)6-10(15)5-8/h8-10,15H,2-7H2,1H3,(H,13,16,17). The van der Waals surface area contributed by atoms with E-state index in [2.05, 4.69) is 15.0 Å². The molecular formula is C12H20N2O4. The Kier molecular flexibility index (Phi) is 4.19. The van der Waals surface area contributed by atoms with Gasteiger partial charge in [0.1, 0.15) is 0 Å².